The molecule has 1 aromatic rings. The van der Waals surface area contributed by atoms with E-state index >= 15 is 0 Å². The standard InChI is InChI=1S/C15H24N2/c1-12-13(2)15(17-10-3-4-11-17)8-7-14(12)6-5-9-16/h7-8H,3-6,9-11,16H2,1-2H3. The van der Waals surface area contributed by atoms with Gasteiger partial charge in [-0.3, -0.25) is 0 Å². The van der Waals surface area contributed by atoms with E-state index in [9.17, 15) is 0 Å². The van der Waals surface area contributed by atoms with Gasteiger partial charge in [0, 0.05) is 18.8 Å². The lowest BCUT2D eigenvalue weighted by atomic mass is 9.97. The van der Waals surface area contributed by atoms with Gasteiger partial charge in [0.1, 0.15) is 0 Å². The van der Waals surface area contributed by atoms with Gasteiger partial charge in [0.15, 0.2) is 0 Å². The summed E-state index contributed by atoms with van der Waals surface area (Å²) in [6.45, 7) is 7.74. The fourth-order valence-corrected chi connectivity index (χ4v) is 2.73. The molecule has 0 atom stereocenters. The number of aryl methyl sites for hydroxylation is 1. The summed E-state index contributed by atoms with van der Waals surface area (Å²) in [5, 5.41) is 0. The quantitative estimate of drug-likeness (QED) is 0.865. The highest BCUT2D eigenvalue weighted by Crippen LogP contribution is 2.28. The van der Waals surface area contributed by atoms with Gasteiger partial charge in [-0.15, -0.1) is 0 Å². The molecule has 2 nitrogen and oxygen atoms in total. The van der Waals surface area contributed by atoms with Gasteiger partial charge < -0.3 is 10.6 Å². The number of anilines is 1. The molecule has 1 aliphatic rings. The Kier molecular flexibility index (Phi) is 4.06. The highest BCUT2D eigenvalue weighted by atomic mass is 15.1. The van der Waals surface area contributed by atoms with Gasteiger partial charge in [-0.2, -0.15) is 0 Å². The minimum absolute atomic E-state index is 0.784. The Balaban J connectivity index is 2.22. The lowest BCUT2D eigenvalue weighted by molar-refractivity contribution is 0.825. The molecule has 1 saturated heterocycles. The van der Waals surface area contributed by atoms with Crippen LogP contribution in [0.1, 0.15) is 36.0 Å². The average Bonchev–Trinajstić information content (AvgIpc) is 2.85. The second-order valence-corrected chi connectivity index (χ2v) is 5.08. The van der Waals surface area contributed by atoms with Crippen molar-refractivity contribution in [3.8, 4) is 0 Å². The lowest BCUT2D eigenvalue weighted by Gasteiger charge is -2.22. The topological polar surface area (TPSA) is 29.3 Å². The predicted molar refractivity (Wildman–Crippen MR) is 74.7 cm³/mol. The van der Waals surface area contributed by atoms with E-state index in [1.165, 1.54) is 48.3 Å². The molecule has 0 bridgehead atoms. The van der Waals surface area contributed by atoms with E-state index in [4.69, 9.17) is 5.73 Å². The van der Waals surface area contributed by atoms with E-state index in [0.29, 0.717) is 0 Å². The van der Waals surface area contributed by atoms with E-state index in [1.807, 2.05) is 0 Å². The van der Waals surface area contributed by atoms with Gasteiger partial charge in [-0.1, -0.05) is 6.07 Å². The highest BCUT2D eigenvalue weighted by molar-refractivity contribution is 5.58. The summed E-state index contributed by atoms with van der Waals surface area (Å²) in [5.74, 6) is 0. The summed E-state index contributed by atoms with van der Waals surface area (Å²) in [6.07, 6.45) is 4.88. The Bertz CT molecular complexity index is 379. The van der Waals surface area contributed by atoms with Crippen LogP contribution in [0.3, 0.4) is 0 Å². The molecule has 0 amide bonds. The van der Waals surface area contributed by atoms with Crippen LogP contribution in [0.15, 0.2) is 12.1 Å². The molecule has 94 valence electrons. The average molecular weight is 232 g/mol. The van der Waals surface area contributed by atoms with E-state index in [-0.39, 0.29) is 0 Å². The fraction of sp³-hybridized carbons (Fsp3) is 0.600. The van der Waals surface area contributed by atoms with Crippen LogP contribution < -0.4 is 10.6 Å². The summed E-state index contributed by atoms with van der Waals surface area (Å²) in [4.78, 5) is 2.52. The molecule has 0 saturated carbocycles. The van der Waals surface area contributed by atoms with Crippen molar-refractivity contribution >= 4 is 5.69 Å². The molecule has 1 fully saturated rings. The summed E-state index contributed by atoms with van der Waals surface area (Å²) in [7, 11) is 0. The molecule has 1 aliphatic heterocycles. The Morgan fingerprint density at radius 2 is 1.82 bits per heavy atom. The number of benzene rings is 1. The zero-order valence-electron chi connectivity index (χ0n) is 11.1. The molecular formula is C15H24N2. The van der Waals surface area contributed by atoms with Crippen molar-refractivity contribution in [1.82, 2.24) is 0 Å². The first-order chi connectivity index (χ1) is 8.24. The summed E-state index contributed by atoms with van der Waals surface area (Å²) >= 11 is 0. The fourth-order valence-electron chi connectivity index (χ4n) is 2.73. The maximum Gasteiger partial charge on any atom is 0.0398 e. The van der Waals surface area contributed by atoms with Crippen molar-refractivity contribution in [2.45, 2.75) is 39.5 Å². The molecule has 2 rings (SSSR count). The molecule has 0 aliphatic carbocycles. The normalized spacial score (nSPS) is 15.6. The summed E-state index contributed by atoms with van der Waals surface area (Å²) < 4.78 is 0. The molecule has 0 radical (unpaired) electrons. The van der Waals surface area contributed by atoms with E-state index < -0.39 is 0 Å². The maximum atomic E-state index is 5.59. The van der Waals surface area contributed by atoms with Crippen LogP contribution in [0.5, 0.6) is 0 Å². The second kappa shape index (κ2) is 5.54. The zero-order chi connectivity index (χ0) is 12.3. The molecule has 17 heavy (non-hydrogen) atoms. The number of nitrogens with two attached hydrogens (primary N) is 1. The molecule has 2 heteroatoms. The molecule has 0 unspecified atom stereocenters. The van der Waals surface area contributed by atoms with Gasteiger partial charge in [-0.05, 0) is 68.8 Å². The van der Waals surface area contributed by atoms with Gasteiger partial charge in [0.25, 0.3) is 0 Å². The molecular weight excluding hydrogens is 208 g/mol. The Morgan fingerprint density at radius 3 is 2.47 bits per heavy atom. The van der Waals surface area contributed by atoms with Gasteiger partial charge in [0.2, 0.25) is 0 Å². The third-order valence-electron chi connectivity index (χ3n) is 3.97. The molecule has 1 heterocycles. The first kappa shape index (κ1) is 12.4. The molecule has 0 spiro atoms. The van der Waals surface area contributed by atoms with Crippen LogP contribution in [0.2, 0.25) is 0 Å². The Morgan fingerprint density at radius 1 is 1.12 bits per heavy atom. The minimum atomic E-state index is 0.784. The Hall–Kier alpha value is -1.02. The summed E-state index contributed by atoms with van der Waals surface area (Å²) in [5.41, 5.74) is 11.4. The molecule has 2 N–H and O–H groups in total. The smallest absolute Gasteiger partial charge is 0.0398 e. The predicted octanol–water partition coefficient (Wildman–Crippen LogP) is 2.79. The zero-order valence-corrected chi connectivity index (χ0v) is 11.1. The van der Waals surface area contributed by atoms with Gasteiger partial charge >= 0.3 is 0 Å². The maximum absolute atomic E-state index is 5.59. The van der Waals surface area contributed by atoms with Crippen molar-refractivity contribution in [3.63, 3.8) is 0 Å². The second-order valence-electron chi connectivity index (χ2n) is 5.08. The Labute approximate surface area is 105 Å². The molecule has 0 aromatic heterocycles. The van der Waals surface area contributed by atoms with E-state index in [1.54, 1.807) is 0 Å². The monoisotopic (exact) mass is 232 g/mol. The van der Waals surface area contributed by atoms with Crippen molar-refractivity contribution in [2.24, 2.45) is 5.73 Å². The first-order valence-corrected chi connectivity index (χ1v) is 6.78. The van der Waals surface area contributed by atoms with Crippen LogP contribution in [0.25, 0.3) is 0 Å². The number of rotatable bonds is 4. The first-order valence-electron chi connectivity index (χ1n) is 6.78. The van der Waals surface area contributed by atoms with Gasteiger partial charge in [-0.25, -0.2) is 0 Å². The van der Waals surface area contributed by atoms with Crippen molar-refractivity contribution in [3.05, 3.63) is 28.8 Å². The van der Waals surface area contributed by atoms with Gasteiger partial charge in [0.05, 0.1) is 0 Å². The number of nitrogens with zero attached hydrogens (tertiary/aromatic N) is 1. The van der Waals surface area contributed by atoms with Crippen molar-refractivity contribution in [1.29, 1.82) is 0 Å². The van der Waals surface area contributed by atoms with Crippen LogP contribution >= 0.6 is 0 Å². The SMILES string of the molecule is Cc1c(CCCN)ccc(N2CCCC2)c1C. The third-order valence-corrected chi connectivity index (χ3v) is 3.97. The van der Waals surface area contributed by atoms with E-state index in [0.717, 1.165) is 19.4 Å². The number of hydrogen-bond acceptors (Lipinski definition) is 2. The van der Waals surface area contributed by atoms with E-state index in [2.05, 4.69) is 30.9 Å². The van der Waals surface area contributed by atoms with Crippen molar-refractivity contribution in [2.75, 3.05) is 24.5 Å². The third kappa shape index (κ3) is 2.63. The number of hydrogen-bond donors (Lipinski definition) is 1. The highest BCUT2D eigenvalue weighted by Gasteiger charge is 2.15. The minimum Gasteiger partial charge on any atom is -0.371 e. The van der Waals surface area contributed by atoms with Crippen molar-refractivity contribution < 1.29 is 0 Å². The van der Waals surface area contributed by atoms with Crippen LogP contribution in [0, 0.1) is 13.8 Å². The van der Waals surface area contributed by atoms with Crippen LogP contribution in [0.4, 0.5) is 5.69 Å². The largest absolute Gasteiger partial charge is 0.371 e. The summed E-state index contributed by atoms with van der Waals surface area (Å²) in [6, 6.07) is 4.60. The van der Waals surface area contributed by atoms with Crippen LogP contribution in [-0.4, -0.2) is 19.6 Å². The molecule has 1 aromatic carbocycles. The lowest BCUT2D eigenvalue weighted by Crippen LogP contribution is -2.19. The van der Waals surface area contributed by atoms with Crippen LogP contribution in [-0.2, 0) is 6.42 Å².